The summed E-state index contributed by atoms with van der Waals surface area (Å²) in [4.78, 5) is 41.0. The molecule has 4 aromatic rings. The van der Waals surface area contributed by atoms with Crippen molar-refractivity contribution < 1.29 is 14.6 Å². The third kappa shape index (κ3) is 5.50. The van der Waals surface area contributed by atoms with Crippen LogP contribution in [0.25, 0.3) is 16.6 Å². The molecule has 0 saturated carbocycles. The summed E-state index contributed by atoms with van der Waals surface area (Å²) in [7, 11) is 4.14. The van der Waals surface area contributed by atoms with Crippen LogP contribution >= 0.6 is 23.2 Å². The van der Waals surface area contributed by atoms with E-state index in [-0.39, 0.29) is 17.0 Å². The zero-order chi connectivity index (χ0) is 30.4. The second-order valence-electron chi connectivity index (χ2n) is 11.3. The van der Waals surface area contributed by atoms with E-state index < -0.39 is 11.4 Å². The van der Waals surface area contributed by atoms with Gasteiger partial charge < -0.3 is 29.1 Å². The fraction of sp³-hybridized carbons (Fsp3) is 0.355. The Kier molecular flexibility index (Phi) is 7.93. The highest BCUT2D eigenvalue weighted by molar-refractivity contribution is 6.34. The van der Waals surface area contributed by atoms with Gasteiger partial charge in [-0.15, -0.1) is 0 Å². The second kappa shape index (κ2) is 11.7. The summed E-state index contributed by atoms with van der Waals surface area (Å²) < 4.78 is 7.71. The molecule has 43 heavy (non-hydrogen) atoms. The van der Waals surface area contributed by atoms with Crippen LogP contribution in [0.15, 0.2) is 53.7 Å². The molecule has 1 atom stereocenters. The maximum Gasteiger partial charge on any atom is 0.341 e. The molecule has 2 fully saturated rings. The molecule has 2 saturated heterocycles. The molecule has 5 heterocycles. The normalized spacial score (nSPS) is 17.1. The Morgan fingerprint density at radius 3 is 2.63 bits per heavy atom. The monoisotopic (exact) mass is 622 g/mol. The predicted octanol–water partition coefficient (Wildman–Crippen LogP) is 4.89. The quantitative estimate of drug-likeness (QED) is 0.294. The van der Waals surface area contributed by atoms with E-state index in [1.165, 1.54) is 6.20 Å². The van der Waals surface area contributed by atoms with Crippen molar-refractivity contribution in [1.82, 2.24) is 19.4 Å². The minimum Gasteiger partial charge on any atom is -0.477 e. The van der Waals surface area contributed by atoms with E-state index in [0.29, 0.717) is 39.8 Å². The molecule has 0 spiro atoms. The number of halogens is 2. The van der Waals surface area contributed by atoms with E-state index in [0.717, 1.165) is 49.5 Å². The smallest absolute Gasteiger partial charge is 0.341 e. The summed E-state index contributed by atoms with van der Waals surface area (Å²) >= 11 is 13.0. The first-order valence-corrected chi connectivity index (χ1v) is 14.9. The maximum absolute atomic E-state index is 13.3. The molecule has 0 unspecified atom stereocenters. The number of aryl methyl sites for hydroxylation is 1. The summed E-state index contributed by atoms with van der Waals surface area (Å²) in [5, 5.41) is 10.9. The van der Waals surface area contributed by atoms with Crippen molar-refractivity contribution in [2.24, 2.45) is 0 Å². The number of fused-ring (bicyclic) bond motifs is 1. The number of rotatable bonds is 8. The van der Waals surface area contributed by atoms with Crippen molar-refractivity contribution in [2.75, 3.05) is 50.1 Å². The van der Waals surface area contributed by atoms with Crippen LogP contribution in [-0.2, 0) is 0 Å². The van der Waals surface area contributed by atoms with Crippen LogP contribution in [0.5, 0.6) is 5.88 Å². The van der Waals surface area contributed by atoms with Gasteiger partial charge >= 0.3 is 5.97 Å². The Hall–Kier alpha value is -3.86. The van der Waals surface area contributed by atoms with E-state index in [4.69, 9.17) is 32.9 Å². The highest BCUT2D eigenvalue weighted by atomic mass is 35.5. The molecule has 0 aliphatic carbocycles. The molecule has 1 N–H and O–H groups in total. The summed E-state index contributed by atoms with van der Waals surface area (Å²) in [6, 6.07) is 9.39. The molecule has 3 aromatic heterocycles. The van der Waals surface area contributed by atoms with E-state index in [1.54, 1.807) is 35.2 Å². The first-order valence-electron chi connectivity index (χ1n) is 14.1. The molecule has 2 aliphatic rings. The van der Waals surface area contributed by atoms with Crippen molar-refractivity contribution >= 4 is 51.6 Å². The highest BCUT2D eigenvalue weighted by Crippen LogP contribution is 2.36. The number of carbonyl (C=O) groups is 1. The number of nitrogens with zero attached hydrogens (tertiary/aromatic N) is 6. The number of likely N-dealkylation sites (N-methyl/N-ethyl adjacent to an activating group) is 1. The lowest BCUT2D eigenvalue weighted by Gasteiger charge is -2.43. The number of hydrogen-bond donors (Lipinski definition) is 1. The topological polar surface area (TPSA) is 104 Å². The van der Waals surface area contributed by atoms with Crippen LogP contribution in [0, 0.1) is 6.92 Å². The largest absolute Gasteiger partial charge is 0.477 e. The fourth-order valence-corrected chi connectivity index (χ4v) is 6.26. The Bertz CT molecular complexity index is 1770. The first-order chi connectivity index (χ1) is 20.6. The molecule has 224 valence electrons. The number of carboxylic acid groups (broad SMARTS) is 1. The van der Waals surface area contributed by atoms with Crippen LogP contribution < -0.4 is 20.0 Å². The molecule has 0 bridgehead atoms. The summed E-state index contributed by atoms with van der Waals surface area (Å²) in [6.07, 6.45) is 6.55. The fourth-order valence-electron chi connectivity index (χ4n) is 5.81. The standard InChI is InChI=1S/C31H32Cl2N6O4/c1-18-10-28(37-14-20(15-37)36(2)3)35-13-27(18)39-16-22(31(41)42)29(40)21-11-24(33)26(12-25(21)39)38-9-5-6-19(38)17-43-30-23(32)7-4-8-34-30/h4,7-8,10-13,16,19-20H,5-6,9,14-15,17H2,1-3H3,(H,41,42)/t19-/m1/s1. The van der Waals surface area contributed by atoms with Gasteiger partial charge in [0.15, 0.2) is 0 Å². The Morgan fingerprint density at radius 2 is 1.93 bits per heavy atom. The molecule has 1 aromatic carbocycles. The number of aromatic carboxylic acids is 1. The minimum absolute atomic E-state index is 0.00306. The summed E-state index contributed by atoms with van der Waals surface area (Å²) in [6.45, 7) is 4.83. The molecule has 12 heteroatoms. The van der Waals surface area contributed by atoms with Gasteiger partial charge in [-0.25, -0.2) is 14.8 Å². The lowest BCUT2D eigenvalue weighted by Crippen LogP contribution is -2.57. The minimum atomic E-state index is -1.30. The molecular weight excluding hydrogens is 591 g/mol. The van der Waals surface area contributed by atoms with Crippen LogP contribution in [0.1, 0.15) is 28.8 Å². The van der Waals surface area contributed by atoms with Gasteiger partial charge in [-0.05, 0) is 69.8 Å². The third-order valence-corrected chi connectivity index (χ3v) is 8.96. The number of anilines is 2. The zero-order valence-corrected chi connectivity index (χ0v) is 25.6. The lowest BCUT2D eigenvalue weighted by molar-refractivity contribution is 0.0695. The van der Waals surface area contributed by atoms with E-state index in [2.05, 4.69) is 33.8 Å². The Balaban J connectivity index is 1.39. The van der Waals surface area contributed by atoms with E-state index in [1.807, 2.05) is 19.1 Å². The van der Waals surface area contributed by atoms with Crippen molar-refractivity contribution in [1.29, 1.82) is 0 Å². The van der Waals surface area contributed by atoms with Gasteiger partial charge in [0.2, 0.25) is 11.3 Å². The average molecular weight is 624 g/mol. The van der Waals surface area contributed by atoms with Gasteiger partial charge in [-0.3, -0.25) is 4.79 Å². The maximum atomic E-state index is 13.3. The van der Waals surface area contributed by atoms with Gasteiger partial charge in [0, 0.05) is 43.5 Å². The van der Waals surface area contributed by atoms with Crippen molar-refractivity contribution in [3.63, 3.8) is 0 Å². The Labute approximate surface area is 259 Å². The number of pyridine rings is 3. The molecule has 10 nitrogen and oxygen atoms in total. The van der Waals surface area contributed by atoms with Gasteiger partial charge in [0.25, 0.3) is 0 Å². The predicted molar refractivity (Wildman–Crippen MR) is 169 cm³/mol. The van der Waals surface area contributed by atoms with Crippen LogP contribution in [0.2, 0.25) is 10.0 Å². The van der Waals surface area contributed by atoms with Crippen LogP contribution in [0.3, 0.4) is 0 Å². The number of hydrogen-bond acceptors (Lipinski definition) is 8. The van der Waals surface area contributed by atoms with Crippen LogP contribution in [-0.4, -0.2) is 82.9 Å². The lowest BCUT2D eigenvalue weighted by atomic mass is 10.1. The van der Waals surface area contributed by atoms with Crippen molar-refractivity contribution in [2.45, 2.75) is 31.8 Å². The first kappa shape index (κ1) is 29.2. The molecule has 0 radical (unpaired) electrons. The van der Waals surface area contributed by atoms with E-state index >= 15 is 0 Å². The molecule has 6 rings (SSSR count). The number of aromatic nitrogens is 3. The summed E-state index contributed by atoms with van der Waals surface area (Å²) in [5.41, 5.74) is 1.94. The Morgan fingerprint density at radius 1 is 1.14 bits per heavy atom. The van der Waals surface area contributed by atoms with Gasteiger partial charge in [-0.1, -0.05) is 23.2 Å². The van der Waals surface area contributed by atoms with Gasteiger partial charge in [0.05, 0.1) is 34.2 Å². The molecule has 2 aliphatic heterocycles. The third-order valence-electron chi connectivity index (χ3n) is 8.37. The number of benzene rings is 1. The number of ether oxygens (including phenoxy) is 1. The molecule has 0 amide bonds. The zero-order valence-electron chi connectivity index (χ0n) is 24.1. The van der Waals surface area contributed by atoms with Crippen LogP contribution in [0.4, 0.5) is 11.5 Å². The highest BCUT2D eigenvalue weighted by Gasteiger charge is 2.31. The van der Waals surface area contributed by atoms with Gasteiger partial charge in [-0.2, -0.15) is 0 Å². The average Bonchev–Trinajstić information content (AvgIpc) is 3.40. The van der Waals surface area contributed by atoms with Crippen molar-refractivity contribution in [3.8, 4) is 11.6 Å². The number of carboxylic acids is 1. The second-order valence-corrected chi connectivity index (χ2v) is 12.1. The SMILES string of the molecule is Cc1cc(N2CC(N(C)C)C2)ncc1-n1cc(C(=O)O)c(=O)c2cc(Cl)c(N3CCC[C@@H]3COc3ncccc3Cl)cc21. The van der Waals surface area contributed by atoms with Gasteiger partial charge in [0.1, 0.15) is 23.0 Å². The van der Waals surface area contributed by atoms with E-state index in [9.17, 15) is 14.7 Å². The van der Waals surface area contributed by atoms with Crippen molar-refractivity contribution in [3.05, 3.63) is 80.3 Å². The summed E-state index contributed by atoms with van der Waals surface area (Å²) in [5.74, 6) is -0.0688. The molecular formula is C31H32Cl2N6O4.